The zero-order valence-corrected chi connectivity index (χ0v) is 39.3. The first-order valence-electron chi connectivity index (χ1n) is 24.0. The van der Waals surface area contributed by atoms with Crippen LogP contribution in [0.5, 0.6) is 0 Å². The molecule has 7 fully saturated rings. The minimum absolute atomic E-state index is 0.0112. The van der Waals surface area contributed by atoms with Crippen LogP contribution in [-0.4, -0.2) is 159 Å². The zero-order valence-electron chi connectivity index (χ0n) is 39.3. The van der Waals surface area contributed by atoms with Gasteiger partial charge in [0.15, 0.2) is 25.0 Å². The number of carboxylic acids is 1. The lowest BCUT2D eigenvalue weighted by molar-refractivity contribution is -0.378. The van der Waals surface area contributed by atoms with E-state index in [1.807, 2.05) is 6.92 Å². The van der Waals surface area contributed by atoms with E-state index in [0.29, 0.717) is 19.3 Å². The van der Waals surface area contributed by atoms with Crippen LogP contribution in [0.1, 0.15) is 120 Å². The highest BCUT2D eigenvalue weighted by Gasteiger charge is 2.70. The van der Waals surface area contributed by atoms with Gasteiger partial charge in [0.05, 0.1) is 37.4 Å². The minimum Gasteiger partial charge on any atom is -0.481 e. The molecule has 3 heterocycles. The summed E-state index contributed by atoms with van der Waals surface area (Å²) in [5.41, 5.74) is -0.722. The molecule has 0 aromatic carbocycles. The smallest absolute Gasteiger partial charge is 0.310 e. The Morgan fingerprint density at radius 2 is 1.43 bits per heavy atom. The van der Waals surface area contributed by atoms with Gasteiger partial charge < -0.3 is 74.0 Å². The number of carboxylic acid groups (broad SMARTS) is 1. The van der Waals surface area contributed by atoms with Crippen LogP contribution in [0, 0.1) is 50.2 Å². The van der Waals surface area contributed by atoms with Gasteiger partial charge in [-0.2, -0.15) is 0 Å². The van der Waals surface area contributed by atoms with E-state index in [4.69, 9.17) is 33.2 Å². The van der Waals surface area contributed by atoms with Gasteiger partial charge in [-0.1, -0.05) is 53.2 Å². The highest BCUT2D eigenvalue weighted by molar-refractivity contribution is 5.76. The summed E-state index contributed by atoms with van der Waals surface area (Å²) >= 11 is 0. The third kappa shape index (κ3) is 7.86. The van der Waals surface area contributed by atoms with Crippen LogP contribution in [-0.2, 0) is 42.7 Å². The molecule has 3 saturated heterocycles. The Labute approximate surface area is 382 Å². The van der Waals surface area contributed by atoms with Crippen molar-refractivity contribution in [1.82, 2.24) is 0 Å². The van der Waals surface area contributed by atoms with Gasteiger partial charge in [0.25, 0.3) is 0 Å². The van der Waals surface area contributed by atoms with E-state index in [9.17, 15) is 50.4 Å². The molecule has 0 bridgehead atoms. The highest BCUT2D eigenvalue weighted by Crippen LogP contribution is 2.76. The standard InChI is InChI=1S/C48H76O17/c1-23-32(53)33(54)34(55)39(60-23)65-38-36(64-40-35(56)37(61-24(2)51)28(20-49)62-40)27(52)21-59-41(38)63-31-12-13-44(5)29(45(31,6)22-50)11-14-47(8)30(44)10-9-25-26-19-43(3,4)15-17-48(26,42(57)58)18-16-46(25,47)7/h9,23,26-41,49-50,52-56H,10-22H2,1-8H3,(H,57,58)/t23-,26-,27-,28-,29+,30+,31-,32-,33+,34+,35+,36-,37-,38+,39-,40-,41+,44-,45-,46+,47+,48-/m0/s1. The van der Waals surface area contributed by atoms with Crippen molar-refractivity contribution in [2.75, 3.05) is 19.8 Å². The lowest BCUT2D eigenvalue weighted by atomic mass is 9.33. The van der Waals surface area contributed by atoms with E-state index >= 15 is 0 Å². The second-order valence-electron chi connectivity index (χ2n) is 22.9. The molecular formula is C48H76O17. The Bertz CT molecular complexity index is 1810. The second kappa shape index (κ2) is 17.5. The van der Waals surface area contributed by atoms with E-state index in [2.05, 4.69) is 40.7 Å². The monoisotopic (exact) mass is 925 g/mol. The quantitative estimate of drug-likeness (QED) is 0.0890. The summed E-state index contributed by atoms with van der Waals surface area (Å²) in [6.07, 6.45) is -9.12. The van der Waals surface area contributed by atoms with Gasteiger partial charge in [-0.25, -0.2) is 0 Å². The molecule has 17 nitrogen and oxygen atoms in total. The number of carbonyl (C=O) groups is 2. The number of hydrogen-bond acceptors (Lipinski definition) is 16. The molecule has 0 unspecified atom stereocenters. The summed E-state index contributed by atoms with van der Waals surface area (Å²) in [7, 11) is 0. The highest BCUT2D eigenvalue weighted by atomic mass is 16.8. The fourth-order valence-corrected chi connectivity index (χ4v) is 14.9. The Hall–Kier alpha value is -1.84. The largest absolute Gasteiger partial charge is 0.481 e. The van der Waals surface area contributed by atoms with Gasteiger partial charge in [0.2, 0.25) is 0 Å². The number of ether oxygens (including phenoxy) is 7. The van der Waals surface area contributed by atoms with Crippen LogP contribution in [0.3, 0.4) is 0 Å². The van der Waals surface area contributed by atoms with Gasteiger partial charge in [-0.05, 0) is 111 Å². The van der Waals surface area contributed by atoms with Crippen LogP contribution in [0.15, 0.2) is 11.6 Å². The normalized spacial score (nSPS) is 52.8. The summed E-state index contributed by atoms with van der Waals surface area (Å²) in [6.45, 7) is 15.3. The van der Waals surface area contributed by atoms with Gasteiger partial charge >= 0.3 is 11.9 Å². The predicted molar refractivity (Wildman–Crippen MR) is 228 cm³/mol. The zero-order chi connectivity index (χ0) is 47.4. The lowest BCUT2D eigenvalue weighted by Gasteiger charge is -2.71. The maximum Gasteiger partial charge on any atom is 0.310 e. The lowest BCUT2D eigenvalue weighted by Crippen LogP contribution is -2.67. The maximum atomic E-state index is 13.2. The van der Waals surface area contributed by atoms with Gasteiger partial charge in [0, 0.05) is 12.3 Å². The van der Waals surface area contributed by atoms with Crippen molar-refractivity contribution in [1.29, 1.82) is 0 Å². The molecule has 17 heteroatoms. The average molecular weight is 925 g/mol. The molecule has 0 radical (unpaired) electrons. The number of aliphatic carboxylic acids is 1. The SMILES string of the molecule is CC(=O)O[C@@H]1[C@@H](O)[C@H](O[C@@H]2[C@@H](O[C@@H]3O[C@@H](C)[C@H](O)[C@@H](O)[C@H]3O)[C@@H](O[C@H]3CC[C@@]4(C)[C@@H](CC[C@]5(C)[C@@H]4CC=C4[C@@H]6CC(C)(C)CC[C@]6(C(=O)O)CC[C@]45C)[C@]3(C)CO)OC[C@@H]2O)O[C@H]1CO. The predicted octanol–water partition coefficient (Wildman–Crippen LogP) is 2.56. The van der Waals surface area contributed by atoms with Crippen LogP contribution in [0.25, 0.3) is 0 Å². The summed E-state index contributed by atoms with van der Waals surface area (Å²) < 4.78 is 42.5. The molecule has 65 heavy (non-hydrogen) atoms. The van der Waals surface area contributed by atoms with Gasteiger partial charge in [0.1, 0.15) is 48.8 Å². The Balaban J connectivity index is 1.08. The molecule has 5 aliphatic carbocycles. The van der Waals surface area contributed by atoms with Crippen LogP contribution in [0.4, 0.5) is 0 Å². The first-order chi connectivity index (χ1) is 30.4. The number of rotatable bonds is 10. The van der Waals surface area contributed by atoms with Crippen molar-refractivity contribution in [3.05, 3.63) is 11.6 Å². The van der Waals surface area contributed by atoms with Crippen LogP contribution < -0.4 is 0 Å². The molecule has 0 aromatic rings. The molecule has 22 atom stereocenters. The van der Waals surface area contributed by atoms with E-state index < -0.39 is 115 Å². The van der Waals surface area contributed by atoms with E-state index in [-0.39, 0.29) is 52.6 Å². The fraction of sp³-hybridized carbons (Fsp3) is 0.917. The van der Waals surface area contributed by atoms with Gasteiger partial charge in [-0.15, -0.1) is 0 Å². The molecule has 4 saturated carbocycles. The Morgan fingerprint density at radius 1 is 0.754 bits per heavy atom. The van der Waals surface area contributed by atoms with Crippen molar-refractivity contribution in [2.24, 2.45) is 50.2 Å². The topological polar surface area (TPSA) is 261 Å². The summed E-state index contributed by atoms with van der Waals surface area (Å²) in [5, 5.41) is 87.3. The maximum absolute atomic E-state index is 13.2. The van der Waals surface area contributed by atoms with Crippen LogP contribution in [0.2, 0.25) is 0 Å². The van der Waals surface area contributed by atoms with Gasteiger partial charge in [-0.3, -0.25) is 9.59 Å². The molecule has 8 aliphatic rings. The minimum atomic E-state index is -1.75. The number of aliphatic hydroxyl groups is 7. The van der Waals surface area contributed by atoms with E-state index in [0.717, 1.165) is 51.9 Å². The number of aliphatic hydroxyl groups excluding tert-OH is 7. The number of allylic oxidation sites excluding steroid dienone is 2. The van der Waals surface area contributed by atoms with Crippen molar-refractivity contribution in [2.45, 2.75) is 206 Å². The molecule has 8 rings (SSSR count). The third-order valence-electron chi connectivity index (χ3n) is 19.0. The number of carbonyl (C=O) groups excluding carboxylic acids is 1. The molecule has 0 amide bonds. The van der Waals surface area contributed by atoms with Crippen molar-refractivity contribution in [3.8, 4) is 0 Å². The number of esters is 1. The summed E-state index contributed by atoms with van der Waals surface area (Å²) in [5.74, 6) is -1.17. The van der Waals surface area contributed by atoms with Crippen molar-refractivity contribution < 1.29 is 83.6 Å². The summed E-state index contributed by atoms with van der Waals surface area (Å²) in [6, 6.07) is 0. The molecule has 0 spiro atoms. The number of fused-ring (bicyclic) bond motifs is 7. The van der Waals surface area contributed by atoms with Crippen molar-refractivity contribution in [3.63, 3.8) is 0 Å². The molecule has 3 aliphatic heterocycles. The third-order valence-corrected chi connectivity index (χ3v) is 19.0. The van der Waals surface area contributed by atoms with Crippen LogP contribution >= 0.6 is 0 Å². The molecule has 370 valence electrons. The summed E-state index contributed by atoms with van der Waals surface area (Å²) in [4.78, 5) is 25.1. The van der Waals surface area contributed by atoms with E-state index in [1.54, 1.807) is 0 Å². The first kappa shape index (κ1) is 49.6. The fourth-order valence-electron chi connectivity index (χ4n) is 14.9. The van der Waals surface area contributed by atoms with Crippen molar-refractivity contribution >= 4 is 11.9 Å². The molecule has 8 N–H and O–H groups in total. The number of hydrogen-bond donors (Lipinski definition) is 8. The Morgan fingerprint density at radius 3 is 2.09 bits per heavy atom. The Kier molecular flexibility index (Phi) is 13.4. The first-order valence-corrected chi connectivity index (χ1v) is 24.0. The molecule has 0 aromatic heterocycles. The molecular weight excluding hydrogens is 849 g/mol. The van der Waals surface area contributed by atoms with E-state index in [1.165, 1.54) is 12.5 Å². The average Bonchev–Trinajstić information content (AvgIpc) is 3.54. The second-order valence-corrected chi connectivity index (χ2v) is 22.9.